The van der Waals surface area contributed by atoms with Crippen molar-refractivity contribution in [2.45, 2.75) is 31.9 Å². The van der Waals surface area contributed by atoms with Gasteiger partial charge in [-0.05, 0) is 60.9 Å². The lowest BCUT2D eigenvalue weighted by atomic mass is 10.2. The van der Waals surface area contributed by atoms with Gasteiger partial charge in [0, 0.05) is 19.1 Å². The van der Waals surface area contributed by atoms with Crippen LogP contribution in [0.2, 0.25) is 0 Å². The van der Waals surface area contributed by atoms with Gasteiger partial charge in [0.15, 0.2) is 6.10 Å². The van der Waals surface area contributed by atoms with E-state index < -0.39 is 6.10 Å². The monoisotopic (exact) mass is 358 g/mol. The highest BCUT2D eigenvalue weighted by molar-refractivity contribution is 9.10. The van der Waals surface area contributed by atoms with E-state index in [0.717, 1.165) is 25.9 Å². The number of hydrogen-bond donors (Lipinski definition) is 1. The SMILES string of the molecule is CNC[C@@H]1CCCN1C(=O)[C@H](C)Oc1ccc(F)cc1Br. The average Bonchev–Trinajstić information content (AvgIpc) is 2.89. The summed E-state index contributed by atoms with van der Waals surface area (Å²) in [5.41, 5.74) is 0. The van der Waals surface area contributed by atoms with E-state index in [1.54, 1.807) is 6.92 Å². The molecule has 116 valence electrons. The van der Waals surface area contributed by atoms with Crippen LogP contribution in [-0.4, -0.2) is 43.1 Å². The molecule has 2 atom stereocenters. The molecule has 0 aromatic heterocycles. The highest BCUT2D eigenvalue weighted by Crippen LogP contribution is 2.27. The highest BCUT2D eigenvalue weighted by Gasteiger charge is 2.31. The first kappa shape index (κ1) is 16.2. The Morgan fingerprint density at radius 2 is 2.38 bits per heavy atom. The van der Waals surface area contributed by atoms with Gasteiger partial charge < -0.3 is 15.0 Å². The fraction of sp³-hybridized carbons (Fsp3) is 0.533. The van der Waals surface area contributed by atoms with Gasteiger partial charge in [0.25, 0.3) is 5.91 Å². The number of hydrogen-bond acceptors (Lipinski definition) is 3. The number of carbonyl (C=O) groups excluding carboxylic acids is 1. The van der Waals surface area contributed by atoms with Gasteiger partial charge in [-0.2, -0.15) is 0 Å². The van der Waals surface area contributed by atoms with Gasteiger partial charge in [-0.15, -0.1) is 0 Å². The lowest BCUT2D eigenvalue weighted by molar-refractivity contribution is -0.138. The van der Waals surface area contributed by atoms with Gasteiger partial charge in [0.05, 0.1) is 4.47 Å². The van der Waals surface area contributed by atoms with E-state index in [-0.39, 0.29) is 17.8 Å². The molecule has 0 unspecified atom stereocenters. The summed E-state index contributed by atoms with van der Waals surface area (Å²) in [6.45, 7) is 3.29. The van der Waals surface area contributed by atoms with Gasteiger partial charge in [-0.25, -0.2) is 4.39 Å². The maximum Gasteiger partial charge on any atom is 0.263 e. The third-order valence-electron chi connectivity index (χ3n) is 3.65. The number of halogens is 2. The maximum atomic E-state index is 13.1. The zero-order valence-corrected chi connectivity index (χ0v) is 13.8. The number of rotatable bonds is 5. The van der Waals surface area contributed by atoms with Gasteiger partial charge in [0.1, 0.15) is 11.6 Å². The summed E-state index contributed by atoms with van der Waals surface area (Å²) in [5, 5.41) is 3.11. The van der Waals surface area contributed by atoms with Gasteiger partial charge in [-0.1, -0.05) is 0 Å². The Kier molecular flexibility index (Phi) is 5.58. The van der Waals surface area contributed by atoms with Crippen LogP contribution < -0.4 is 10.1 Å². The zero-order valence-electron chi connectivity index (χ0n) is 12.2. The molecule has 21 heavy (non-hydrogen) atoms. The standard InChI is InChI=1S/C15H20BrFN2O2/c1-10(21-14-6-5-11(17)8-13(14)16)15(20)19-7-3-4-12(19)9-18-2/h5-6,8,10,12,18H,3-4,7,9H2,1-2H3/t10-,12-/m0/s1. The molecule has 2 rings (SSSR count). The van der Waals surface area contributed by atoms with Crippen molar-refractivity contribution in [3.63, 3.8) is 0 Å². The second kappa shape index (κ2) is 7.22. The molecule has 0 bridgehead atoms. The molecule has 1 aliphatic heterocycles. The Balaban J connectivity index is 2.02. The normalized spacial score (nSPS) is 19.6. The molecule has 0 radical (unpaired) electrons. The quantitative estimate of drug-likeness (QED) is 0.879. The first-order chi connectivity index (χ1) is 10.0. The smallest absolute Gasteiger partial charge is 0.263 e. The summed E-state index contributed by atoms with van der Waals surface area (Å²) in [4.78, 5) is 14.4. The Morgan fingerprint density at radius 3 is 3.05 bits per heavy atom. The van der Waals surface area contributed by atoms with Crippen molar-refractivity contribution in [3.05, 3.63) is 28.5 Å². The highest BCUT2D eigenvalue weighted by atomic mass is 79.9. The van der Waals surface area contributed by atoms with E-state index in [1.807, 2.05) is 11.9 Å². The number of carbonyl (C=O) groups is 1. The second-order valence-corrected chi connectivity index (χ2v) is 6.07. The van der Waals surface area contributed by atoms with E-state index in [1.165, 1.54) is 18.2 Å². The van der Waals surface area contributed by atoms with Crippen molar-refractivity contribution < 1.29 is 13.9 Å². The molecule has 1 aromatic rings. The zero-order chi connectivity index (χ0) is 15.4. The van der Waals surface area contributed by atoms with E-state index >= 15 is 0 Å². The summed E-state index contributed by atoms with van der Waals surface area (Å²) in [7, 11) is 1.89. The minimum absolute atomic E-state index is 0.0241. The molecule has 1 heterocycles. The van der Waals surface area contributed by atoms with Crippen molar-refractivity contribution in [3.8, 4) is 5.75 Å². The van der Waals surface area contributed by atoms with Crippen LogP contribution in [0.4, 0.5) is 4.39 Å². The molecular weight excluding hydrogens is 339 g/mol. The van der Waals surface area contributed by atoms with Crippen molar-refractivity contribution in [2.24, 2.45) is 0 Å². The number of likely N-dealkylation sites (tertiary alicyclic amines) is 1. The van der Waals surface area contributed by atoms with E-state index in [9.17, 15) is 9.18 Å². The minimum atomic E-state index is -0.593. The fourth-order valence-electron chi connectivity index (χ4n) is 2.62. The first-order valence-electron chi connectivity index (χ1n) is 7.09. The lowest BCUT2D eigenvalue weighted by Gasteiger charge is -2.27. The molecule has 1 saturated heterocycles. The second-order valence-electron chi connectivity index (χ2n) is 5.22. The van der Waals surface area contributed by atoms with Gasteiger partial charge in [-0.3, -0.25) is 4.79 Å². The molecule has 0 aliphatic carbocycles. The average molecular weight is 359 g/mol. The third kappa shape index (κ3) is 3.95. The molecule has 1 aliphatic rings. The van der Waals surface area contributed by atoms with Crippen LogP contribution in [0.5, 0.6) is 5.75 Å². The van der Waals surface area contributed by atoms with E-state index in [4.69, 9.17) is 4.74 Å². The van der Waals surface area contributed by atoms with Crippen molar-refractivity contribution in [1.82, 2.24) is 10.2 Å². The van der Waals surface area contributed by atoms with Crippen molar-refractivity contribution in [2.75, 3.05) is 20.1 Å². The summed E-state index contributed by atoms with van der Waals surface area (Å²) in [6.07, 6.45) is 1.44. The molecule has 6 heteroatoms. The maximum absolute atomic E-state index is 13.1. The minimum Gasteiger partial charge on any atom is -0.480 e. The Morgan fingerprint density at radius 1 is 1.62 bits per heavy atom. The summed E-state index contributed by atoms with van der Waals surface area (Å²) in [5.74, 6) is 0.104. The molecule has 0 spiro atoms. The number of likely N-dealkylation sites (N-methyl/N-ethyl adjacent to an activating group) is 1. The topological polar surface area (TPSA) is 41.6 Å². The first-order valence-corrected chi connectivity index (χ1v) is 7.89. The number of nitrogens with zero attached hydrogens (tertiary/aromatic N) is 1. The molecular formula is C15H20BrFN2O2. The molecule has 1 N–H and O–H groups in total. The summed E-state index contributed by atoms with van der Waals surface area (Å²) < 4.78 is 19.2. The summed E-state index contributed by atoms with van der Waals surface area (Å²) in [6, 6.07) is 4.40. The molecule has 0 saturated carbocycles. The van der Waals surface area contributed by atoms with Crippen LogP contribution in [0.25, 0.3) is 0 Å². The Hall–Kier alpha value is -1.14. The third-order valence-corrected chi connectivity index (χ3v) is 4.27. The number of nitrogens with one attached hydrogen (secondary N) is 1. The largest absolute Gasteiger partial charge is 0.480 e. The van der Waals surface area contributed by atoms with Crippen LogP contribution in [0.15, 0.2) is 22.7 Å². The fourth-order valence-corrected chi connectivity index (χ4v) is 3.06. The van der Waals surface area contributed by atoms with Crippen LogP contribution in [0.1, 0.15) is 19.8 Å². The molecule has 1 fully saturated rings. The summed E-state index contributed by atoms with van der Waals surface area (Å²) >= 11 is 3.25. The van der Waals surface area contributed by atoms with Crippen LogP contribution in [-0.2, 0) is 4.79 Å². The molecule has 1 amide bonds. The molecule has 1 aromatic carbocycles. The van der Waals surface area contributed by atoms with Gasteiger partial charge in [0.2, 0.25) is 0 Å². The van der Waals surface area contributed by atoms with Crippen LogP contribution in [0, 0.1) is 5.82 Å². The van der Waals surface area contributed by atoms with Crippen LogP contribution in [0.3, 0.4) is 0 Å². The predicted octanol–water partition coefficient (Wildman–Crippen LogP) is 2.57. The van der Waals surface area contributed by atoms with Gasteiger partial charge >= 0.3 is 0 Å². The van der Waals surface area contributed by atoms with E-state index in [2.05, 4.69) is 21.2 Å². The Bertz CT molecular complexity index is 512. The number of ether oxygens (including phenoxy) is 1. The molecule has 4 nitrogen and oxygen atoms in total. The number of amides is 1. The van der Waals surface area contributed by atoms with Crippen molar-refractivity contribution in [1.29, 1.82) is 0 Å². The number of benzene rings is 1. The van der Waals surface area contributed by atoms with Crippen LogP contribution >= 0.6 is 15.9 Å². The van der Waals surface area contributed by atoms with Crippen molar-refractivity contribution >= 4 is 21.8 Å². The lowest BCUT2D eigenvalue weighted by Crippen LogP contribution is -2.46. The van der Waals surface area contributed by atoms with E-state index in [0.29, 0.717) is 10.2 Å². The predicted molar refractivity (Wildman–Crippen MR) is 82.9 cm³/mol. The Labute approximate surface area is 132 Å².